The molecule has 0 aliphatic rings. The molecule has 0 fully saturated rings. The molecule has 0 rings (SSSR count). The van der Waals surface area contributed by atoms with Crippen molar-refractivity contribution in [1.82, 2.24) is 0 Å². The molecule has 0 aromatic heterocycles. The number of carbonyl (C=O) groups is 4. The third-order valence-electron chi connectivity index (χ3n) is 7.85. The lowest BCUT2D eigenvalue weighted by atomic mass is 10.1. The first-order chi connectivity index (χ1) is 25.3. The zero-order chi connectivity index (χ0) is 39.6. The van der Waals surface area contributed by atoms with Crippen LogP contribution < -0.4 is 0 Å². The standard InChI is InChI=1S/C40H68NO11P/c1-6-8-20-26-37(42)48-31-24-18-14-10-12-16-22-28-39(44)50-34-36(35-51-53(46,47)33-30-41(3,4)5)52-40(45)29-23-17-13-11-15-19-25-32-49-38(43)27-21-9-7-2/h6-9,20-21,26-27,36H,10-19,22-25,28-35H2,1-5H3/p+1/b8-6-,9-7+,26-20+,27-21+/t36-/m1/s1. The minimum atomic E-state index is -3.94. The number of quaternary nitrogens is 1. The van der Waals surface area contributed by atoms with Crippen LogP contribution in [0.15, 0.2) is 48.6 Å². The Bertz CT molecular complexity index is 1170. The molecule has 0 radical (unpaired) electrons. The van der Waals surface area contributed by atoms with E-state index in [1.54, 1.807) is 24.3 Å². The maximum absolute atomic E-state index is 12.6. The lowest BCUT2D eigenvalue weighted by molar-refractivity contribution is -0.867. The molecular weight excluding hydrogens is 701 g/mol. The topological polar surface area (TPSA) is 152 Å². The molecule has 0 aromatic rings. The maximum Gasteiger partial charge on any atom is 0.333 e. The number of nitrogens with zero attached hydrogens (tertiary/aromatic N) is 1. The van der Waals surface area contributed by atoms with Gasteiger partial charge in [-0.2, -0.15) is 0 Å². The normalized spacial score (nSPS) is 13.8. The van der Waals surface area contributed by atoms with Gasteiger partial charge in [-0.25, -0.2) is 9.59 Å². The van der Waals surface area contributed by atoms with E-state index in [1.165, 1.54) is 12.2 Å². The molecule has 304 valence electrons. The summed E-state index contributed by atoms with van der Waals surface area (Å²) < 4.78 is 39.6. The molecule has 0 saturated carbocycles. The minimum Gasteiger partial charge on any atom is -0.463 e. The third kappa shape index (κ3) is 35.7. The quantitative estimate of drug-likeness (QED) is 0.0132. The Hall–Kier alpha value is -3.05. The minimum absolute atomic E-state index is 0.0571. The van der Waals surface area contributed by atoms with Crippen molar-refractivity contribution in [2.45, 2.75) is 123 Å². The van der Waals surface area contributed by atoms with Crippen molar-refractivity contribution in [3.05, 3.63) is 48.6 Å². The van der Waals surface area contributed by atoms with Crippen LogP contribution in [0.2, 0.25) is 0 Å². The molecule has 0 heterocycles. The van der Waals surface area contributed by atoms with Gasteiger partial charge in [-0.15, -0.1) is 0 Å². The second-order valence-electron chi connectivity index (χ2n) is 14.0. The van der Waals surface area contributed by atoms with Crippen molar-refractivity contribution in [2.24, 2.45) is 0 Å². The van der Waals surface area contributed by atoms with Crippen LogP contribution in [0.3, 0.4) is 0 Å². The van der Waals surface area contributed by atoms with Gasteiger partial charge >= 0.3 is 31.5 Å². The van der Waals surface area contributed by atoms with Crippen molar-refractivity contribution in [3.63, 3.8) is 0 Å². The van der Waals surface area contributed by atoms with Crippen LogP contribution in [-0.2, 0) is 47.2 Å². The fourth-order valence-electron chi connectivity index (χ4n) is 4.75. The Kier molecular flexibility index (Phi) is 30.5. The lowest BCUT2D eigenvalue weighted by Gasteiger charge is -2.25. The second-order valence-corrected chi connectivity index (χ2v) is 16.0. The molecule has 0 aliphatic carbocycles. The van der Waals surface area contributed by atoms with Crippen LogP contribution in [0.5, 0.6) is 0 Å². The van der Waals surface area contributed by atoms with Gasteiger partial charge in [-0.3, -0.25) is 14.2 Å². The largest absolute Gasteiger partial charge is 0.463 e. The molecule has 1 unspecified atom stereocenters. The van der Waals surface area contributed by atoms with Gasteiger partial charge < -0.3 is 32.8 Å². The molecule has 0 bridgehead atoms. The van der Waals surface area contributed by atoms with Crippen LogP contribution in [-0.4, -0.2) is 99.6 Å². The summed E-state index contributed by atoms with van der Waals surface area (Å²) in [6, 6.07) is 0. The average molecular weight is 771 g/mol. The lowest BCUT2D eigenvalue weighted by Crippen LogP contribution is -2.37. The van der Waals surface area contributed by atoms with Crippen LogP contribution >= 0.6 is 7.60 Å². The first-order valence-electron chi connectivity index (χ1n) is 19.3. The van der Waals surface area contributed by atoms with Gasteiger partial charge in [0.25, 0.3) is 0 Å². The number of hydrogen-bond donors (Lipinski definition) is 1. The molecular formula is C40H69NO11P+. The zero-order valence-corrected chi connectivity index (χ0v) is 34.1. The predicted octanol–water partition coefficient (Wildman–Crippen LogP) is 7.94. The Balaban J connectivity index is 4.42. The van der Waals surface area contributed by atoms with Gasteiger partial charge in [-0.1, -0.05) is 101 Å². The van der Waals surface area contributed by atoms with Gasteiger partial charge in [0, 0.05) is 25.0 Å². The summed E-state index contributed by atoms with van der Waals surface area (Å²) in [5, 5.41) is 0. The smallest absolute Gasteiger partial charge is 0.333 e. The fraction of sp³-hybridized carbons (Fsp3) is 0.700. The predicted molar refractivity (Wildman–Crippen MR) is 208 cm³/mol. The van der Waals surface area contributed by atoms with Crippen LogP contribution in [0.1, 0.15) is 117 Å². The number of allylic oxidation sites excluding steroid dienone is 6. The number of unbranched alkanes of at least 4 members (excludes halogenated alkanes) is 12. The number of ether oxygens (including phenoxy) is 4. The van der Waals surface area contributed by atoms with E-state index in [0.717, 1.165) is 77.0 Å². The highest BCUT2D eigenvalue weighted by atomic mass is 31.2. The van der Waals surface area contributed by atoms with Gasteiger partial charge in [0.15, 0.2) is 6.10 Å². The van der Waals surface area contributed by atoms with E-state index in [1.807, 2.05) is 47.1 Å². The molecule has 2 atom stereocenters. The first-order valence-corrected chi connectivity index (χ1v) is 21.1. The van der Waals surface area contributed by atoms with E-state index < -0.39 is 25.6 Å². The summed E-state index contributed by atoms with van der Waals surface area (Å²) >= 11 is 0. The monoisotopic (exact) mass is 770 g/mol. The number of hydrogen-bond acceptors (Lipinski definition) is 10. The highest BCUT2D eigenvalue weighted by molar-refractivity contribution is 7.52. The molecule has 13 heteroatoms. The first kappa shape index (κ1) is 49.9. The van der Waals surface area contributed by atoms with Crippen LogP contribution in [0.4, 0.5) is 0 Å². The second kappa shape index (κ2) is 32.4. The molecule has 1 N–H and O–H groups in total. The Morgan fingerprint density at radius 1 is 0.604 bits per heavy atom. The highest BCUT2D eigenvalue weighted by Gasteiger charge is 2.27. The molecule has 0 aliphatic heterocycles. The van der Waals surface area contributed by atoms with Crippen molar-refractivity contribution in [2.75, 3.05) is 60.3 Å². The maximum atomic E-state index is 12.6. The van der Waals surface area contributed by atoms with Crippen LogP contribution in [0.25, 0.3) is 0 Å². The van der Waals surface area contributed by atoms with Crippen molar-refractivity contribution in [3.8, 4) is 0 Å². The summed E-state index contributed by atoms with van der Waals surface area (Å²) in [6.07, 6.45) is 25.2. The molecule has 0 amide bonds. The third-order valence-corrected chi connectivity index (χ3v) is 9.17. The summed E-state index contributed by atoms with van der Waals surface area (Å²) in [4.78, 5) is 58.5. The van der Waals surface area contributed by atoms with E-state index in [4.69, 9.17) is 23.5 Å². The van der Waals surface area contributed by atoms with Gasteiger partial charge in [0.2, 0.25) is 0 Å². The van der Waals surface area contributed by atoms with Crippen molar-refractivity contribution >= 4 is 31.5 Å². The highest BCUT2D eigenvalue weighted by Crippen LogP contribution is 2.42. The van der Waals surface area contributed by atoms with Gasteiger partial charge in [0.05, 0.1) is 53.7 Å². The van der Waals surface area contributed by atoms with E-state index in [-0.39, 0.29) is 44.2 Å². The van der Waals surface area contributed by atoms with E-state index in [0.29, 0.717) is 37.1 Å². The van der Waals surface area contributed by atoms with Gasteiger partial charge in [-0.05, 0) is 39.5 Å². The summed E-state index contributed by atoms with van der Waals surface area (Å²) in [6.45, 7) is 4.35. The van der Waals surface area contributed by atoms with Gasteiger partial charge in [0.1, 0.15) is 6.61 Å². The average Bonchev–Trinajstić information content (AvgIpc) is 3.10. The number of carbonyl (C=O) groups excluding carboxylic acids is 4. The Labute approximate surface area is 319 Å². The fourth-order valence-corrected chi connectivity index (χ4v) is 6.13. The Morgan fingerprint density at radius 3 is 1.49 bits per heavy atom. The van der Waals surface area contributed by atoms with Crippen molar-refractivity contribution < 1.29 is 56.6 Å². The van der Waals surface area contributed by atoms with Crippen LogP contribution in [0, 0.1) is 0 Å². The number of esters is 4. The Morgan fingerprint density at radius 2 is 1.04 bits per heavy atom. The summed E-state index contributed by atoms with van der Waals surface area (Å²) in [5.41, 5.74) is 0. The SMILES string of the molecule is C/C=C\C=C\C(=O)OCCCCCCCCCC(=O)OC[C@H](COP(=O)(O)CC[N+](C)(C)C)OC(=O)CCCCCCCCCOC(=O)/C=C/C=C/C. The zero-order valence-electron chi connectivity index (χ0n) is 33.2. The molecule has 12 nitrogen and oxygen atoms in total. The summed E-state index contributed by atoms with van der Waals surface area (Å²) in [7, 11) is 1.78. The van der Waals surface area contributed by atoms with E-state index >= 15 is 0 Å². The molecule has 0 spiro atoms. The summed E-state index contributed by atoms with van der Waals surface area (Å²) in [5.74, 6) is -1.58. The van der Waals surface area contributed by atoms with Crippen molar-refractivity contribution in [1.29, 1.82) is 0 Å². The van der Waals surface area contributed by atoms with E-state index in [2.05, 4.69) is 0 Å². The molecule has 0 saturated heterocycles. The molecule has 53 heavy (non-hydrogen) atoms. The molecule has 0 aromatic carbocycles. The number of rotatable bonds is 33. The van der Waals surface area contributed by atoms with E-state index in [9.17, 15) is 28.6 Å².